The van der Waals surface area contributed by atoms with Crippen molar-refractivity contribution in [1.82, 2.24) is 10.1 Å². The largest absolute Gasteiger partial charge is 0.334 e. The van der Waals surface area contributed by atoms with E-state index in [1.165, 1.54) is 6.07 Å². The van der Waals surface area contributed by atoms with Gasteiger partial charge in [0.05, 0.1) is 16.8 Å². The van der Waals surface area contributed by atoms with Crippen LogP contribution in [-0.4, -0.2) is 22.1 Å². The van der Waals surface area contributed by atoms with Crippen molar-refractivity contribution in [3.8, 4) is 22.8 Å². The van der Waals surface area contributed by atoms with E-state index in [1.807, 2.05) is 47.4 Å². The van der Waals surface area contributed by atoms with E-state index in [9.17, 15) is 9.18 Å². The van der Waals surface area contributed by atoms with Crippen LogP contribution < -0.4 is 4.90 Å². The number of nitrogens with zero attached hydrogens (tertiary/aromatic N) is 3. The fourth-order valence-electron chi connectivity index (χ4n) is 3.80. The zero-order valence-corrected chi connectivity index (χ0v) is 17.1. The van der Waals surface area contributed by atoms with Gasteiger partial charge in [0, 0.05) is 21.4 Å². The Morgan fingerprint density at radius 1 is 0.968 bits per heavy atom. The standard InChI is InChI=1S/C24H16FN3O2S/c25-18-7-3-1-5-16(18)23-26-22(27-30-23)14-9-12-19-21(13-14)31-20-8-4-2-6-17(20)24(29)28(19)15-10-11-15/h1-9,12-13,15H,10-11H2. The summed E-state index contributed by atoms with van der Waals surface area (Å²) in [5, 5.41) is 4.06. The second-order valence-electron chi connectivity index (χ2n) is 7.59. The third kappa shape index (κ3) is 3.13. The lowest BCUT2D eigenvalue weighted by Gasteiger charge is -2.22. The summed E-state index contributed by atoms with van der Waals surface area (Å²) in [7, 11) is 0. The van der Waals surface area contributed by atoms with Crippen molar-refractivity contribution in [2.45, 2.75) is 28.7 Å². The minimum Gasteiger partial charge on any atom is -0.334 e. The molecule has 6 rings (SSSR count). The minimum absolute atomic E-state index is 0.0403. The van der Waals surface area contributed by atoms with Crippen LogP contribution in [-0.2, 0) is 0 Å². The number of fused-ring (bicyclic) bond motifs is 2. The summed E-state index contributed by atoms with van der Waals surface area (Å²) in [6.07, 6.45) is 2.02. The van der Waals surface area contributed by atoms with Crippen LogP contribution in [0.1, 0.15) is 23.2 Å². The van der Waals surface area contributed by atoms with Gasteiger partial charge in [-0.1, -0.05) is 41.2 Å². The average molecular weight is 429 g/mol. The first-order valence-corrected chi connectivity index (χ1v) is 10.8. The van der Waals surface area contributed by atoms with Crippen molar-refractivity contribution < 1.29 is 13.7 Å². The maximum absolute atomic E-state index is 14.1. The predicted molar refractivity (Wildman–Crippen MR) is 116 cm³/mol. The molecule has 0 spiro atoms. The molecule has 2 heterocycles. The molecule has 5 nitrogen and oxygen atoms in total. The Hall–Kier alpha value is -3.45. The van der Waals surface area contributed by atoms with Crippen LogP contribution in [0.2, 0.25) is 0 Å². The van der Waals surface area contributed by atoms with Gasteiger partial charge in [-0.3, -0.25) is 4.79 Å². The Labute approximate surface area is 181 Å². The van der Waals surface area contributed by atoms with Crippen molar-refractivity contribution in [1.29, 1.82) is 0 Å². The van der Waals surface area contributed by atoms with Gasteiger partial charge in [-0.25, -0.2) is 4.39 Å². The molecular formula is C24H16FN3O2S. The van der Waals surface area contributed by atoms with Gasteiger partial charge >= 0.3 is 0 Å². The van der Waals surface area contributed by atoms with Gasteiger partial charge in [0.15, 0.2) is 0 Å². The van der Waals surface area contributed by atoms with Crippen molar-refractivity contribution >= 4 is 23.4 Å². The summed E-state index contributed by atoms with van der Waals surface area (Å²) in [6, 6.07) is 20.0. The number of amides is 1. The minimum atomic E-state index is -0.412. The fraction of sp³-hybridized carbons (Fsp3) is 0.125. The number of hydrogen-bond donors (Lipinski definition) is 0. The van der Waals surface area contributed by atoms with E-state index in [1.54, 1.807) is 30.0 Å². The van der Waals surface area contributed by atoms with Gasteiger partial charge in [0.25, 0.3) is 11.8 Å². The Morgan fingerprint density at radius 2 is 1.74 bits per heavy atom. The number of hydrogen-bond acceptors (Lipinski definition) is 5. The molecule has 0 atom stereocenters. The van der Waals surface area contributed by atoms with E-state index in [2.05, 4.69) is 10.1 Å². The molecule has 3 aromatic carbocycles. The van der Waals surface area contributed by atoms with E-state index >= 15 is 0 Å². The molecule has 1 amide bonds. The number of halogens is 1. The highest BCUT2D eigenvalue weighted by Crippen LogP contribution is 2.46. The van der Waals surface area contributed by atoms with Crippen LogP contribution in [0, 0.1) is 5.82 Å². The summed E-state index contributed by atoms with van der Waals surface area (Å²) in [5.74, 6) is 0.142. The summed E-state index contributed by atoms with van der Waals surface area (Å²) < 4.78 is 19.4. The topological polar surface area (TPSA) is 59.2 Å². The summed E-state index contributed by atoms with van der Waals surface area (Å²) in [6.45, 7) is 0. The van der Waals surface area contributed by atoms with Crippen LogP contribution in [0.15, 0.2) is 81.0 Å². The first kappa shape index (κ1) is 18.3. The van der Waals surface area contributed by atoms with Gasteiger partial charge in [0.1, 0.15) is 5.82 Å². The first-order valence-electron chi connectivity index (χ1n) is 10.0. The predicted octanol–water partition coefficient (Wildman–Crippen LogP) is 5.82. The summed E-state index contributed by atoms with van der Waals surface area (Å²) in [4.78, 5) is 21.5. The normalized spacial score (nSPS) is 15.4. The van der Waals surface area contributed by atoms with Gasteiger partial charge in [-0.2, -0.15) is 4.98 Å². The molecule has 1 aliphatic heterocycles. The number of carbonyl (C=O) groups excluding carboxylic acids is 1. The molecule has 0 saturated heterocycles. The maximum atomic E-state index is 14.1. The lowest BCUT2D eigenvalue weighted by atomic mass is 10.1. The van der Waals surface area contributed by atoms with E-state index < -0.39 is 5.82 Å². The Balaban J connectivity index is 1.44. The van der Waals surface area contributed by atoms with Gasteiger partial charge in [-0.05, 0) is 55.3 Å². The molecule has 152 valence electrons. The van der Waals surface area contributed by atoms with Crippen LogP contribution in [0.5, 0.6) is 0 Å². The van der Waals surface area contributed by atoms with Crippen LogP contribution in [0.3, 0.4) is 0 Å². The monoisotopic (exact) mass is 429 g/mol. The second-order valence-corrected chi connectivity index (χ2v) is 8.67. The Morgan fingerprint density at radius 3 is 2.55 bits per heavy atom. The molecule has 7 heteroatoms. The summed E-state index contributed by atoms with van der Waals surface area (Å²) in [5.41, 5.74) is 2.64. The van der Waals surface area contributed by atoms with E-state index in [-0.39, 0.29) is 23.4 Å². The molecule has 31 heavy (non-hydrogen) atoms. The lowest BCUT2D eigenvalue weighted by molar-refractivity contribution is 0.0982. The quantitative estimate of drug-likeness (QED) is 0.411. The number of carbonyl (C=O) groups is 1. The molecule has 4 aromatic rings. The zero-order chi connectivity index (χ0) is 20.9. The molecule has 0 bridgehead atoms. The molecule has 0 N–H and O–H groups in total. The molecule has 0 radical (unpaired) electrons. The second kappa shape index (κ2) is 7.06. The van der Waals surface area contributed by atoms with Gasteiger partial charge in [-0.15, -0.1) is 0 Å². The number of rotatable bonds is 3. The third-order valence-corrected chi connectivity index (χ3v) is 6.60. The molecule has 1 aromatic heterocycles. The Bertz CT molecular complexity index is 1330. The molecule has 1 aliphatic carbocycles. The highest BCUT2D eigenvalue weighted by Gasteiger charge is 2.38. The molecule has 1 saturated carbocycles. The van der Waals surface area contributed by atoms with Crippen molar-refractivity contribution in [3.05, 3.63) is 78.1 Å². The van der Waals surface area contributed by atoms with Crippen LogP contribution >= 0.6 is 11.8 Å². The highest BCUT2D eigenvalue weighted by atomic mass is 32.2. The molecule has 1 fully saturated rings. The zero-order valence-electron chi connectivity index (χ0n) is 16.3. The third-order valence-electron chi connectivity index (χ3n) is 5.48. The highest BCUT2D eigenvalue weighted by molar-refractivity contribution is 7.99. The first-order chi connectivity index (χ1) is 15.2. The van der Waals surface area contributed by atoms with E-state index in [0.717, 1.165) is 39.4 Å². The number of anilines is 1. The maximum Gasteiger partial charge on any atom is 0.261 e. The SMILES string of the molecule is O=C1c2ccccc2Sc2cc(-c3noc(-c4ccccc4F)n3)ccc2N1C1CC1. The van der Waals surface area contributed by atoms with Crippen molar-refractivity contribution in [2.24, 2.45) is 0 Å². The van der Waals surface area contributed by atoms with E-state index in [0.29, 0.717) is 5.82 Å². The smallest absolute Gasteiger partial charge is 0.261 e. The molecule has 0 unspecified atom stereocenters. The van der Waals surface area contributed by atoms with Gasteiger partial charge < -0.3 is 9.42 Å². The Kier molecular flexibility index (Phi) is 4.17. The van der Waals surface area contributed by atoms with E-state index in [4.69, 9.17) is 4.52 Å². The van der Waals surface area contributed by atoms with Crippen molar-refractivity contribution in [2.75, 3.05) is 4.90 Å². The number of benzene rings is 3. The molecular weight excluding hydrogens is 413 g/mol. The average Bonchev–Trinajstić information content (AvgIpc) is 3.52. The van der Waals surface area contributed by atoms with Crippen LogP contribution in [0.25, 0.3) is 22.8 Å². The summed E-state index contributed by atoms with van der Waals surface area (Å²) >= 11 is 1.56. The fourth-order valence-corrected chi connectivity index (χ4v) is 4.91. The van der Waals surface area contributed by atoms with Crippen molar-refractivity contribution in [3.63, 3.8) is 0 Å². The molecule has 2 aliphatic rings. The number of aromatic nitrogens is 2. The van der Waals surface area contributed by atoms with Crippen LogP contribution in [0.4, 0.5) is 10.1 Å². The lowest BCUT2D eigenvalue weighted by Crippen LogP contribution is -2.32. The van der Waals surface area contributed by atoms with Gasteiger partial charge in [0.2, 0.25) is 5.82 Å².